The summed E-state index contributed by atoms with van der Waals surface area (Å²) in [6.07, 6.45) is 1.00. The maximum absolute atomic E-state index is 12.0. The van der Waals surface area contributed by atoms with Crippen LogP contribution >= 0.6 is 0 Å². The van der Waals surface area contributed by atoms with E-state index in [0.29, 0.717) is 12.5 Å². The summed E-state index contributed by atoms with van der Waals surface area (Å²) in [5, 5.41) is 6.23. The van der Waals surface area contributed by atoms with E-state index >= 15 is 0 Å². The van der Waals surface area contributed by atoms with E-state index in [1.165, 1.54) is 0 Å². The molecule has 23 heavy (non-hydrogen) atoms. The number of sulfone groups is 1. The highest BCUT2D eigenvalue weighted by molar-refractivity contribution is 7.92. The second-order valence-corrected chi connectivity index (χ2v) is 9.37. The van der Waals surface area contributed by atoms with E-state index in [-0.39, 0.29) is 5.75 Å². The van der Waals surface area contributed by atoms with E-state index in [1.54, 1.807) is 34.9 Å². The first-order chi connectivity index (χ1) is 10.6. The lowest BCUT2D eigenvalue weighted by atomic mass is 10.3. The lowest BCUT2D eigenvalue weighted by molar-refractivity contribution is 0.180. The van der Waals surface area contributed by atoms with Crippen molar-refractivity contribution in [3.63, 3.8) is 0 Å². The largest absolute Gasteiger partial charge is 0.385 e. The number of methoxy groups -OCH3 is 1. The third-order valence-electron chi connectivity index (χ3n) is 3.49. The van der Waals surface area contributed by atoms with Crippen LogP contribution in [0.2, 0.25) is 0 Å². The molecule has 0 aromatic rings. The molecule has 0 spiro atoms. The van der Waals surface area contributed by atoms with Crippen LogP contribution < -0.4 is 10.6 Å². The standard InChI is InChI=1S/C15H34N4O3S/c1-15(2,3)23(20,21)13-9-18-14(16-4)17-8-11-19(5)10-7-12-22-6/h7-13H2,1-6H3,(H2,16,17,18). The molecule has 0 atom stereocenters. The fourth-order valence-corrected chi connectivity index (χ4v) is 2.77. The van der Waals surface area contributed by atoms with Crippen LogP contribution in [0.4, 0.5) is 0 Å². The Morgan fingerprint density at radius 3 is 2.30 bits per heavy atom. The van der Waals surface area contributed by atoms with Crippen molar-refractivity contribution in [2.24, 2.45) is 4.99 Å². The molecule has 8 heteroatoms. The minimum absolute atomic E-state index is 0.0914. The van der Waals surface area contributed by atoms with Crippen molar-refractivity contribution in [1.29, 1.82) is 0 Å². The summed E-state index contributed by atoms with van der Waals surface area (Å²) in [6.45, 7) is 8.87. The van der Waals surface area contributed by atoms with Crippen molar-refractivity contribution in [2.75, 3.05) is 59.7 Å². The van der Waals surface area contributed by atoms with Gasteiger partial charge < -0.3 is 20.3 Å². The molecule has 0 bridgehead atoms. The van der Waals surface area contributed by atoms with Crippen molar-refractivity contribution in [3.8, 4) is 0 Å². The zero-order valence-corrected chi connectivity index (χ0v) is 16.3. The van der Waals surface area contributed by atoms with Gasteiger partial charge in [-0.05, 0) is 34.2 Å². The van der Waals surface area contributed by atoms with Crippen LogP contribution in [0, 0.1) is 0 Å². The summed E-state index contributed by atoms with van der Waals surface area (Å²) >= 11 is 0. The highest BCUT2D eigenvalue weighted by Gasteiger charge is 2.28. The minimum Gasteiger partial charge on any atom is -0.385 e. The number of rotatable bonds is 10. The lowest BCUT2D eigenvalue weighted by Crippen LogP contribution is -2.43. The van der Waals surface area contributed by atoms with Crippen LogP contribution in [0.1, 0.15) is 27.2 Å². The van der Waals surface area contributed by atoms with E-state index < -0.39 is 14.6 Å². The molecule has 2 N–H and O–H groups in total. The predicted molar refractivity (Wildman–Crippen MR) is 96.9 cm³/mol. The Morgan fingerprint density at radius 2 is 1.78 bits per heavy atom. The topological polar surface area (TPSA) is 83.0 Å². The second-order valence-electron chi connectivity index (χ2n) is 6.51. The number of likely N-dealkylation sites (N-methyl/N-ethyl adjacent to an activating group) is 1. The molecule has 0 aromatic carbocycles. The van der Waals surface area contributed by atoms with E-state index in [1.807, 2.05) is 0 Å². The Morgan fingerprint density at radius 1 is 1.17 bits per heavy atom. The van der Waals surface area contributed by atoms with Crippen LogP contribution in [0.25, 0.3) is 0 Å². The fourth-order valence-electron chi connectivity index (χ4n) is 1.79. The molecule has 0 unspecified atom stereocenters. The van der Waals surface area contributed by atoms with Crippen molar-refractivity contribution < 1.29 is 13.2 Å². The SMILES string of the molecule is CN=C(NCCN(C)CCCOC)NCCS(=O)(=O)C(C)(C)C. The highest BCUT2D eigenvalue weighted by atomic mass is 32.2. The number of hydrogen-bond donors (Lipinski definition) is 2. The van der Waals surface area contributed by atoms with Gasteiger partial charge in [-0.25, -0.2) is 8.42 Å². The molecule has 138 valence electrons. The maximum atomic E-state index is 12.0. The molecule has 0 amide bonds. The first-order valence-electron chi connectivity index (χ1n) is 7.98. The average Bonchev–Trinajstić information content (AvgIpc) is 2.44. The van der Waals surface area contributed by atoms with Gasteiger partial charge in [0.15, 0.2) is 15.8 Å². The molecule has 0 saturated heterocycles. The zero-order valence-electron chi connectivity index (χ0n) is 15.5. The number of aliphatic imine (C=N–C) groups is 1. The van der Waals surface area contributed by atoms with Gasteiger partial charge >= 0.3 is 0 Å². The second kappa shape index (κ2) is 10.8. The third-order valence-corrected chi connectivity index (χ3v) is 6.10. The first-order valence-corrected chi connectivity index (χ1v) is 9.63. The van der Waals surface area contributed by atoms with Gasteiger partial charge in [-0.3, -0.25) is 4.99 Å². The number of nitrogens with one attached hydrogen (secondary N) is 2. The van der Waals surface area contributed by atoms with Crippen molar-refractivity contribution >= 4 is 15.8 Å². The van der Waals surface area contributed by atoms with Crippen molar-refractivity contribution in [1.82, 2.24) is 15.5 Å². The van der Waals surface area contributed by atoms with E-state index in [4.69, 9.17) is 4.74 Å². The van der Waals surface area contributed by atoms with Gasteiger partial charge in [0.05, 0.1) is 10.5 Å². The quantitative estimate of drug-likeness (QED) is 0.336. The Balaban J connectivity index is 4.01. The first kappa shape index (κ1) is 22.1. The van der Waals surface area contributed by atoms with Crippen molar-refractivity contribution in [2.45, 2.75) is 31.9 Å². The molecule has 0 fully saturated rings. The molecule has 0 aliphatic carbocycles. The van der Waals surface area contributed by atoms with Gasteiger partial charge in [-0.2, -0.15) is 0 Å². The molecule has 0 aliphatic rings. The fraction of sp³-hybridized carbons (Fsp3) is 0.933. The molecule has 0 aromatic heterocycles. The molecule has 0 radical (unpaired) electrons. The van der Waals surface area contributed by atoms with Crippen LogP contribution in [-0.4, -0.2) is 83.8 Å². The Hall–Kier alpha value is -0.860. The molecular formula is C15H34N4O3S. The Kier molecular flexibility index (Phi) is 10.4. The molecule has 0 rings (SSSR count). The number of hydrogen-bond acceptors (Lipinski definition) is 5. The minimum atomic E-state index is -3.11. The van der Waals surface area contributed by atoms with Crippen LogP contribution in [-0.2, 0) is 14.6 Å². The number of nitrogens with zero attached hydrogens (tertiary/aromatic N) is 2. The molecule has 7 nitrogen and oxygen atoms in total. The van der Waals surface area contributed by atoms with Gasteiger partial charge in [-0.1, -0.05) is 0 Å². The summed E-state index contributed by atoms with van der Waals surface area (Å²) < 4.78 is 28.4. The van der Waals surface area contributed by atoms with Crippen LogP contribution in [0.3, 0.4) is 0 Å². The summed E-state index contributed by atoms with van der Waals surface area (Å²) in [4.78, 5) is 6.31. The normalized spacial score (nSPS) is 13.4. The molecule has 0 saturated carbocycles. The summed E-state index contributed by atoms with van der Waals surface area (Å²) in [7, 11) is 2.33. The zero-order chi connectivity index (χ0) is 17.9. The summed E-state index contributed by atoms with van der Waals surface area (Å²) in [5.74, 6) is 0.716. The van der Waals surface area contributed by atoms with Crippen LogP contribution in [0.5, 0.6) is 0 Å². The Labute approximate surface area is 141 Å². The van der Waals surface area contributed by atoms with Crippen LogP contribution in [0.15, 0.2) is 4.99 Å². The van der Waals surface area contributed by atoms with Gasteiger partial charge in [-0.15, -0.1) is 0 Å². The average molecular weight is 351 g/mol. The van der Waals surface area contributed by atoms with E-state index in [0.717, 1.165) is 32.7 Å². The third kappa shape index (κ3) is 9.78. The highest BCUT2D eigenvalue weighted by Crippen LogP contribution is 2.15. The maximum Gasteiger partial charge on any atom is 0.191 e. The number of guanidine groups is 1. The van der Waals surface area contributed by atoms with Gasteiger partial charge in [0.1, 0.15) is 0 Å². The lowest BCUT2D eigenvalue weighted by Gasteiger charge is -2.20. The predicted octanol–water partition coefficient (Wildman–Crippen LogP) is 0.333. The van der Waals surface area contributed by atoms with Crippen molar-refractivity contribution in [3.05, 3.63) is 0 Å². The molecule has 0 heterocycles. The van der Waals surface area contributed by atoms with Gasteiger partial charge in [0.2, 0.25) is 0 Å². The summed E-state index contributed by atoms with van der Waals surface area (Å²) in [6, 6.07) is 0. The molecule has 0 aliphatic heterocycles. The molecular weight excluding hydrogens is 316 g/mol. The smallest absolute Gasteiger partial charge is 0.191 e. The Bertz CT molecular complexity index is 444. The van der Waals surface area contributed by atoms with E-state index in [9.17, 15) is 8.42 Å². The van der Waals surface area contributed by atoms with Gasteiger partial charge in [0, 0.05) is 46.9 Å². The van der Waals surface area contributed by atoms with E-state index in [2.05, 4.69) is 27.6 Å². The number of ether oxygens (including phenoxy) is 1. The summed E-state index contributed by atoms with van der Waals surface area (Å²) in [5.41, 5.74) is 0. The van der Waals surface area contributed by atoms with Gasteiger partial charge in [0.25, 0.3) is 0 Å². The monoisotopic (exact) mass is 350 g/mol.